The molecule has 0 bridgehead atoms. The summed E-state index contributed by atoms with van der Waals surface area (Å²) in [4.78, 5) is 20.4. The van der Waals surface area contributed by atoms with Gasteiger partial charge in [-0.3, -0.25) is 0 Å². The number of rotatable bonds is 4. The van der Waals surface area contributed by atoms with E-state index in [1.165, 1.54) is 24.3 Å². The van der Waals surface area contributed by atoms with Gasteiger partial charge in [-0.15, -0.1) is 0 Å². The maximum absolute atomic E-state index is 12.6. The summed E-state index contributed by atoms with van der Waals surface area (Å²) in [5, 5.41) is 16.8. The molecular weight excluding hydrogens is 438 g/mol. The molecule has 172 valence electrons. The van der Waals surface area contributed by atoms with Crippen LogP contribution < -0.4 is 0 Å². The molecule has 0 aliphatic rings. The van der Waals surface area contributed by atoms with Gasteiger partial charge in [0.15, 0.2) is 0 Å². The molecule has 34 heavy (non-hydrogen) atoms. The number of hydrogen-bond acceptors (Lipinski definition) is 2. The lowest BCUT2D eigenvalue weighted by Gasteiger charge is -1.94. The van der Waals surface area contributed by atoms with Crippen LogP contribution in [0.1, 0.15) is 31.8 Å². The van der Waals surface area contributed by atoms with E-state index in [9.17, 15) is 18.4 Å². The highest BCUT2D eigenvalue weighted by Crippen LogP contribution is 2.10. The molecule has 4 nitrogen and oxygen atoms in total. The van der Waals surface area contributed by atoms with Crippen molar-refractivity contribution in [3.05, 3.63) is 143 Å². The summed E-state index contributed by atoms with van der Waals surface area (Å²) in [5.74, 6) is -2.26. The SMILES string of the molecule is Fc1ccc(C=Cc2ccc(F)cc2)cc1.O=C(O)c1ccccc1.O=C(O)c1ccccc1. The lowest BCUT2D eigenvalue weighted by Crippen LogP contribution is -1.93. The second-order valence-electron chi connectivity index (χ2n) is 6.78. The van der Waals surface area contributed by atoms with Crippen molar-refractivity contribution < 1.29 is 28.6 Å². The molecule has 6 heteroatoms. The average molecular weight is 460 g/mol. The first-order valence-corrected chi connectivity index (χ1v) is 10.1. The van der Waals surface area contributed by atoms with Gasteiger partial charge in [0.2, 0.25) is 0 Å². The van der Waals surface area contributed by atoms with Gasteiger partial charge in [0, 0.05) is 0 Å². The Morgan fingerprint density at radius 2 is 0.794 bits per heavy atom. The molecule has 0 aromatic heterocycles. The Hall–Kier alpha value is -4.58. The summed E-state index contributed by atoms with van der Waals surface area (Å²) in [6.45, 7) is 0. The zero-order chi connectivity index (χ0) is 24.8. The molecule has 2 N–H and O–H groups in total. The van der Waals surface area contributed by atoms with Crippen LogP contribution in [0.4, 0.5) is 8.78 Å². The van der Waals surface area contributed by atoms with Crippen LogP contribution in [0.15, 0.2) is 109 Å². The molecule has 0 saturated heterocycles. The van der Waals surface area contributed by atoms with Gasteiger partial charge in [0.05, 0.1) is 11.1 Å². The van der Waals surface area contributed by atoms with Crippen LogP contribution in [0.3, 0.4) is 0 Å². The third-order valence-electron chi connectivity index (χ3n) is 4.25. The Morgan fingerprint density at radius 3 is 1.03 bits per heavy atom. The van der Waals surface area contributed by atoms with Gasteiger partial charge in [-0.2, -0.15) is 0 Å². The fraction of sp³-hybridized carbons (Fsp3) is 0. The minimum absolute atomic E-state index is 0.251. The first-order valence-electron chi connectivity index (χ1n) is 10.1. The Kier molecular flexibility index (Phi) is 10.4. The summed E-state index contributed by atoms with van der Waals surface area (Å²) in [6.07, 6.45) is 3.71. The van der Waals surface area contributed by atoms with Gasteiger partial charge >= 0.3 is 11.9 Å². The van der Waals surface area contributed by atoms with E-state index in [4.69, 9.17) is 10.2 Å². The van der Waals surface area contributed by atoms with Crippen molar-refractivity contribution in [1.29, 1.82) is 0 Å². The molecule has 0 amide bonds. The summed E-state index contributed by atoms with van der Waals surface area (Å²) in [5.41, 5.74) is 2.48. The molecule has 0 heterocycles. The number of carbonyl (C=O) groups is 2. The molecule has 0 atom stereocenters. The molecule has 0 aliphatic heterocycles. The molecular formula is C28H22F2O4. The van der Waals surface area contributed by atoms with Crippen molar-refractivity contribution >= 4 is 24.1 Å². The van der Waals surface area contributed by atoms with E-state index >= 15 is 0 Å². The van der Waals surface area contributed by atoms with Crippen LogP contribution in [0, 0.1) is 11.6 Å². The van der Waals surface area contributed by atoms with E-state index in [2.05, 4.69) is 0 Å². The average Bonchev–Trinajstić information content (AvgIpc) is 2.86. The van der Waals surface area contributed by atoms with E-state index in [1.54, 1.807) is 84.9 Å². The highest BCUT2D eigenvalue weighted by molar-refractivity contribution is 5.87. The van der Waals surface area contributed by atoms with E-state index < -0.39 is 11.9 Å². The van der Waals surface area contributed by atoms with E-state index in [0.29, 0.717) is 11.1 Å². The molecule has 4 aromatic rings. The second-order valence-corrected chi connectivity index (χ2v) is 6.78. The number of carboxylic acids is 2. The van der Waals surface area contributed by atoms with E-state index in [-0.39, 0.29) is 11.6 Å². The zero-order valence-electron chi connectivity index (χ0n) is 18.0. The fourth-order valence-corrected chi connectivity index (χ4v) is 2.50. The van der Waals surface area contributed by atoms with Crippen molar-refractivity contribution in [1.82, 2.24) is 0 Å². The van der Waals surface area contributed by atoms with E-state index in [0.717, 1.165) is 11.1 Å². The van der Waals surface area contributed by atoms with Crippen molar-refractivity contribution in [2.45, 2.75) is 0 Å². The van der Waals surface area contributed by atoms with Gasteiger partial charge in [0.1, 0.15) is 11.6 Å². The molecule has 4 aromatic carbocycles. The maximum Gasteiger partial charge on any atom is 0.335 e. The van der Waals surface area contributed by atoms with Gasteiger partial charge in [-0.05, 0) is 59.7 Å². The van der Waals surface area contributed by atoms with Crippen LogP contribution in [-0.2, 0) is 0 Å². The van der Waals surface area contributed by atoms with Gasteiger partial charge < -0.3 is 10.2 Å². The van der Waals surface area contributed by atoms with Crippen LogP contribution >= 0.6 is 0 Å². The Balaban J connectivity index is 0.000000194. The molecule has 4 rings (SSSR count). The van der Waals surface area contributed by atoms with Gasteiger partial charge in [-0.1, -0.05) is 72.8 Å². The normalized spacial score (nSPS) is 9.82. The zero-order valence-corrected chi connectivity index (χ0v) is 18.0. The third kappa shape index (κ3) is 9.70. The fourth-order valence-electron chi connectivity index (χ4n) is 2.50. The van der Waals surface area contributed by atoms with Crippen LogP contribution in [-0.4, -0.2) is 22.2 Å². The number of hydrogen-bond donors (Lipinski definition) is 2. The lowest BCUT2D eigenvalue weighted by atomic mass is 10.1. The van der Waals surface area contributed by atoms with Crippen molar-refractivity contribution in [2.24, 2.45) is 0 Å². The van der Waals surface area contributed by atoms with Crippen molar-refractivity contribution in [3.63, 3.8) is 0 Å². The third-order valence-corrected chi connectivity index (χ3v) is 4.25. The Morgan fingerprint density at radius 1 is 0.500 bits per heavy atom. The van der Waals surface area contributed by atoms with E-state index in [1.807, 2.05) is 12.2 Å². The molecule has 0 fully saturated rings. The van der Waals surface area contributed by atoms with Crippen LogP contribution in [0.5, 0.6) is 0 Å². The van der Waals surface area contributed by atoms with Crippen molar-refractivity contribution in [2.75, 3.05) is 0 Å². The number of carboxylic acid groups (broad SMARTS) is 2. The first kappa shape index (κ1) is 25.7. The molecule has 0 unspecified atom stereocenters. The highest BCUT2D eigenvalue weighted by Gasteiger charge is 1.97. The Bertz CT molecular complexity index is 1090. The predicted molar refractivity (Wildman–Crippen MR) is 129 cm³/mol. The highest BCUT2D eigenvalue weighted by atomic mass is 19.1. The minimum Gasteiger partial charge on any atom is -0.478 e. The maximum atomic E-state index is 12.6. The first-order chi connectivity index (χ1) is 16.3. The van der Waals surface area contributed by atoms with Crippen molar-refractivity contribution in [3.8, 4) is 0 Å². The van der Waals surface area contributed by atoms with Crippen LogP contribution in [0.2, 0.25) is 0 Å². The molecule has 0 spiro atoms. The smallest absolute Gasteiger partial charge is 0.335 e. The summed E-state index contributed by atoms with van der Waals surface area (Å²) >= 11 is 0. The summed E-state index contributed by atoms with van der Waals surface area (Å²) < 4.78 is 25.3. The minimum atomic E-state index is -0.879. The molecule has 0 radical (unpaired) electrons. The van der Waals surface area contributed by atoms with Gasteiger partial charge in [-0.25, -0.2) is 18.4 Å². The monoisotopic (exact) mass is 460 g/mol. The number of halogens is 2. The van der Waals surface area contributed by atoms with Crippen LogP contribution in [0.25, 0.3) is 12.2 Å². The predicted octanol–water partition coefficient (Wildman–Crippen LogP) is 6.90. The Labute approximate surface area is 196 Å². The lowest BCUT2D eigenvalue weighted by molar-refractivity contribution is 0.0686. The summed E-state index contributed by atoms with van der Waals surface area (Å²) in [6, 6.07) is 29.0. The second kappa shape index (κ2) is 13.8. The topological polar surface area (TPSA) is 74.6 Å². The van der Waals surface area contributed by atoms with Gasteiger partial charge in [0.25, 0.3) is 0 Å². The molecule has 0 aliphatic carbocycles. The number of benzene rings is 4. The summed E-state index contributed by atoms with van der Waals surface area (Å²) in [7, 11) is 0. The standard InChI is InChI=1S/C14H10F2.2C7H6O2/c15-13-7-3-11(4-8-13)1-2-12-5-9-14(16)10-6-12;2*8-7(9)6-4-2-1-3-5-6/h1-10H;2*1-5H,(H,8,9). The quantitative estimate of drug-likeness (QED) is 0.325. The largest absolute Gasteiger partial charge is 0.478 e. The number of aromatic carboxylic acids is 2. The molecule has 0 saturated carbocycles.